The van der Waals surface area contributed by atoms with Crippen molar-refractivity contribution in [2.24, 2.45) is 0 Å². The van der Waals surface area contributed by atoms with Crippen molar-refractivity contribution in [2.75, 3.05) is 43.7 Å². The monoisotopic (exact) mass is 574 g/mol. The van der Waals surface area contributed by atoms with Crippen LogP contribution in [0.2, 0.25) is 0 Å². The van der Waals surface area contributed by atoms with Gasteiger partial charge >= 0.3 is 31.1 Å². The quantitative estimate of drug-likeness (QED) is 0.208. The van der Waals surface area contributed by atoms with Crippen LogP contribution in [0, 0.1) is 10.1 Å². The second-order valence-electron chi connectivity index (χ2n) is 6.75. The van der Waals surface area contributed by atoms with Crippen LogP contribution in [0.25, 0.3) is 0 Å². The Morgan fingerprint density at radius 3 is 1.91 bits per heavy atom. The van der Waals surface area contributed by atoms with E-state index in [1.54, 1.807) is 0 Å². The zero-order valence-corrected chi connectivity index (χ0v) is 19.6. The van der Waals surface area contributed by atoms with E-state index >= 15 is 0 Å². The molecule has 198 valence electrons. The highest BCUT2D eigenvalue weighted by atomic mass is 32.2. The fraction of sp³-hybridized carbons (Fsp3) is 0.533. The van der Waals surface area contributed by atoms with Crippen molar-refractivity contribution >= 4 is 48.8 Å². The first-order valence-corrected chi connectivity index (χ1v) is 12.5. The van der Waals surface area contributed by atoms with E-state index in [1.165, 1.54) is 4.90 Å². The molecule has 0 atom stereocenters. The molecule has 0 saturated carbocycles. The summed E-state index contributed by atoms with van der Waals surface area (Å²) in [4.78, 5) is 11.3. The Hall–Kier alpha value is -2.29. The van der Waals surface area contributed by atoms with E-state index in [2.05, 4.69) is 12.2 Å². The van der Waals surface area contributed by atoms with Crippen LogP contribution in [-0.2, 0) is 24.8 Å². The average Bonchev–Trinajstić information content (AvgIpc) is 2.73. The summed E-state index contributed by atoms with van der Waals surface area (Å²) in [7, 11) is -13.1. The Balaban J connectivity index is 2.62. The van der Waals surface area contributed by atoms with Crippen molar-refractivity contribution in [3.63, 3.8) is 0 Å². The minimum Gasteiger partial charge on any atom is -0.379 e. The predicted molar refractivity (Wildman–Crippen MR) is 112 cm³/mol. The number of hydrogen-bond acceptors (Lipinski definition) is 9. The van der Waals surface area contributed by atoms with E-state index in [0.29, 0.717) is 24.3 Å². The number of ether oxygens (including phenoxy) is 1. The molecule has 1 aromatic carbocycles. The molecule has 1 heterocycles. The Labute approximate surface area is 200 Å². The van der Waals surface area contributed by atoms with Crippen molar-refractivity contribution in [3.05, 3.63) is 34.4 Å². The standard InChI is InChI=1S/C15H16F6N4O7S3/c16-14(17,18)34(28,29)23(6-5-22-7-9-32-10-8-22)13(33)24(35(30,31)15(19,20)21)11-1-3-12(4-2-11)25(26)27/h1-4H,5-10H2. The third kappa shape index (κ3) is 6.29. The number of alkyl halides is 6. The summed E-state index contributed by atoms with van der Waals surface area (Å²) < 4.78 is 133. The number of non-ortho nitro benzene ring substituents is 1. The minimum atomic E-state index is -6.60. The Morgan fingerprint density at radius 1 is 1.00 bits per heavy atom. The lowest BCUT2D eigenvalue weighted by Crippen LogP contribution is -2.56. The molecule has 0 unspecified atom stereocenters. The van der Waals surface area contributed by atoms with E-state index in [1.807, 2.05) is 0 Å². The first-order valence-electron chi connectivity index (χ1n) is 9.20. The largest absolute Gasteiger partial charge is 0.517 e. The van der Waals surface area contributed by atoms with E-state index in [0.717, 1.165) is 0 Å². The minimum absolute atomic E-state index is 0.147. The summed E-state index contributed by atoms with van der Waals surface area (Å²) in [5, 5.41) is 8.93. The van der Waals surface area contributed by atoms with Crippen molar-refractivity contribution in [1.82, 2.24) is 9.21 Å². The van der Waals surface area contributed by atoms with Crippen LogP contribution in [0.15, 0.2) is 24.3 Å². The molecule has 11 nitrogen and oxygen atoms in total. The maximum absolute atomic E-state index is 13.4. The van der Waals surface area contributed by atoms with Gasteiger partial charge in [-0.2, -0.15) is 43.2 Å². The number of rotatable bonds is 7. The second-order valence-corrected chi connectivity index (χ2v) is 10.7. The third-order valence-electron chi connectivity index (χ3n) is 4.52. The number of sulfonamides is 2. The summed E-state index contributed by atoms with van der Waals surface area (Å²) in [5.74, 6) is 0. The molecule has 1 aliphatic rings. The number of nitro benzene ring substituents is 1. The molecule has 0 N–H and O–H groups in total. The van der Waals surface area contributed by atoms with Gasteiger partial charge in [0.1, 0.15) is 0 Å². The molecule has 1 aromatic rings. The number of benzene rings is 1. The fourth-order valence-electron chi connectivity index (χ4n) is 2.77. The van der Waals surface area contributed by atoms with E-state index in [4.69, 9.17) is 4.74 Å². The highest BCUT2D eigenvalue weighted by Crippen LogP contribution is 2.35. The number of hydrogen-bond donors (Lipinski definition) is 0. The van der Waals surface area contributed by atoms with Gasteiger partial charge in [0.2, 0.25) is 5.11 Å². The summed E-state index contributed by atoms with van der Waals surface area (Å²) in [6.07, 6.45) is 0. The molecular weight excluding hydrogens is 558 g/mol. The molecule has 0 aliphatic carbocycles. The van der Waals surface area contributed by atoms with Crippen molar-refractivity contribution in [1.29, 1.82) is 0 Å². The van der Waals surface area contributed by atoms with Gasteiger partial charge in [-0.05, 0) is 24.4 Å². The molecule has 0 aromatic heterocycles. The van der Waals surface area contributed by atoms with Crippen LogP contribution in [-0.4, -0.2) is 86.5 Å². The Bertz CT molecular complexity index is 1150. The zero-order valence-electron chi connectivity index (χ0n) is 17.2. The van der Waals surface area contributed by atoms with E-state index in [-0.39, 0.29) is 26.3 Å². The van der Waals surface area contributed by atoms with Gasteiger partial charge < -0.3 is 4.74 Å². The number of halogens is 6. The first-order chi connectivity index (χ1) is 15.9. The number of nitrogens with zero attached hydrogens (tertiary/aromatic N) is 4. The Morgan fingerprint density at radius 2 is 1.49 bits per heavy atom. The third-order valence-corrected chi connectivity index (χ3v) is 8.12. The van der Waals surface area contributed by atoms with Crippen LogP contribution in [0.4, 0.5) is 37.7 Å². The SMILES string of the molecule is O=[N+]([O-])c1ccc(N(C(=S)N(CCN2CCOCC2)S(=O)(=O)C(F)(F)F)S(=O)(=O)C(F)(F)F)cc1. The molecule has 20 heteroatoms. The Kier molecular flexibility index (Phi) is 8.57. The van der Waals surface area contributed by atoms with Gasteiger partial charge in [-0.25, -0.2) is 8.61 Å². The topological polar surface area (TPSA) is 130 Å². The summed E-state index contributed by atoms with van der Waals surface area (Å²) in [5.41, 5.74) is -14.0. The van der Waals surface area contributed by atoms with Gasteiger partial charge in [-0.1, -0.05) is 0 Å². The molecule has 0 bridgehead atoms. The predicted octanol–water partition coefficient (Wildman–Crippen LogP) is 2.02. The summed E-state index contributed by atoms with van der Waals surface area (Å²) in [6.45, 7) is -1.02. The number of nitro groups is 1. The maximum Gasteiger partial charge on any atom is 0.517 e. The number of morpholine rings is 1. The summed E-state index contributed by atoms with van der Waals surface area (Å²) >= 11 is 4.58. The molecule has 0 radical (unpaired) electrons. The van der Waals surface area contributed by atoms with Crippen LogP contribution in [0.5, 0.6) is 0 Å². The van der Waals surface area contributed by atoms with Gasteiger partial charge in [0, 0.05) is 38.3 Å². The number of anilines is 1. The van der Waals surface area contributed by atoms with Gasteiger partial charge in [-0.15, -0.1) is 0 Å². The average molecular weight is 575 g/mol. The van der Waals surface area contributed by atoms with Gasteiger partial charge in [-0.3, -0.25) is 15.0 Å². The first kappa shape index (κ1) is 28.9. The molecule has 0 amide bonds. The van der Waals surface area contributed by atoms with Crippen molar-refractivity contribution in [3.8, 4) is 0 Å². The van der Waals surface area contributed by atoms with Crippen LogP contribution in [0.3, 0.4) is 0 Å². The lowest BCUT2D eigenvalue weighted by Gasteiger charge is -2.34. The van der Waals surface area contributed by atoms with E-state index < -0.39 is 74.2 Å². The molecule has 2 rings (SSSR count). The van der Waals surface area contributed by atoms with Crippen molar-refractivity contribution in [2.45, 2.75) is 11.0 Å². The lowest BCUT2D eigenvalue weighted by atomic mass is 10.3. The van der Waals surface area contributed by atoms with Gasteiger partial charge in [0.05, 0.1) is 23.8 Å². The molecule has 1 fully saturated rings. The fourth-order valence-corrected chi connectivity index (χ4v) is 5.37. The number of thiocarbonyl (C=S) groups is 1. The lowest BCUT2D eigenvalue weighted by molar-refractivity contribution is -0.384. The van der Waals surface area contributed by atoms with Crippen molar-refractivity contribution < 1.29 is 52.8 Å². The molecule has 1 saturated heterocycles. The second kappa shape index (κ2) is 10.4. The summed E-state index contributed by atoms with van der Waals surface area (Å²) in [6, 6.07) is 2.06. The van der Waals surface area contributed by atoms with Crippen LogP contribution >= 0.6 is 12.2 Å². The normalized spacial score (nSPS) is 16.1. The highest BCUT2D eigenvalue weighted by molar-refractivity contribution is 7.97. The van der Waals surface area contributed by atoms with Gasteiger partial charge in [0.25, 0.3) is 5.69 Å². The highest BCUT2D eigenvalue weighted by Gasteiger charge is 2.56. The molecule has 0 spiro atoms. The van der Waals surface area contributed by atoms with Crippen LogP contribution < -0.4 is 4.31 Å². The van der Waals surface area contributed by atoms with Gasteiger partial charge in [0.15, 0.2) is 0 Å². The smallest absolute Gasteiger partial charge is 0.379 e. The molecule has 1 aliphatic heterocycles. The zero-order chi connectivity index (χ0) is 26.8. The van der Waals surface area contributed by atoms with Crippen LogP contribution in [0.1, 0.15) is 0 Å². The maximum atomic E-state index is 13.4. The molecular formula is C15H16F6N4O7S3. The van der Waals surface area contributed by atoms with E-state index in [9.17, 15) is 53.3 Å². The molecule has 35 heavy (non-hydrogen) atoms.